The molecule has 2 aliphatic rings. The minimum Gasteiger partial charge on any atom is -0.390 e. The number of benzene rings is 1. The van der Waals surface area contributed by atoms with Crippen LogP contribution in [-0.4, -0.2) is 49.5 Å². The quantitative estimate of drug-likeness (QED) is 0.405. The minimum absolute atomic E-state index is 0. The van der Waals surface area contributed by atoms with Gasteiger partial charge in [0.1, 0.15) is 17.2 Å². The molecular formula is C26H36F2N6O2. The largest absolute Gasteiger partial charge is 0.390 e. The van der Waals surface area contributed by atoms with Gasteiger partial charge in [0.05, 0.1) is 17.5 Å². The first-order chi connectivity index (χ1) is 16.8. The Hall–Kier alpha value is -2.85. The van der Waals surface area contributed by atoms with Gasteiger partial charge in [-0.05, 0) is 70.4 Å². The molecule has 5 rings (SSSR count). The summed E-state index contributed by atoms with van der Waals surface area (Å²) < 4.78 is 35.3. The first-order valence-electron chi connectivity index (χ1n) is 12.3. The van der Waals surface area contributed by atoms with Gasteiger partial charge >= 0.3 is 0 Å². The highest BCUT2D eigenvalue weighted by molar-refractivity contribution is 5.76. The predicted molar refractivity (Wildman–Crippen MR) is 136 cm³/mol. The second-order valence-electron chi connectivity index (χ2n) is 10.1. The zero-order chi connectivity index (χ0) is 24.6. The van der Waals surface area contributed by atoms with Gasteiger partial charge in [0.25, 0.3) is 0 Å². The third kappa shape index (κ3) is 5.59. The number of fused-ring (bicyclic) bond motifs is 1. The van der Waals surface area contributed by atoms with Gasteiger partial charge in [-0.3, -0.25) is 4.57 Å². The van der Waals surface area contributed by atoms with E-state index in [-0.39, 0.29) is 25.2 Å². The molecule has 1 aliphatic carbocycles. The maximum absolute atomic E-state index is 14.4. The molecule has 3 aromatic rings. The Morgan fingerprint density at radius 3 is 2.44 bits per heavy atom. The Labute approximate surface area is 210 Å². The van der Waals surface area contributed by atoms with Gasteiger partial charge in [-0.2, -0.15) is 4.98 Å². The van der Waals surface area contributed by atoms with Crippen molar-refractivity contribution in [3.05, 3.63) is 36.0 Å². The van der Waals surface area contributed by atoms with Crippen LogP contribution in [0.1, 0.15) is 65.8 Å². The molecule has 0 atom stereocenters. The Kier molecular flexibility index (Phi) is 7.75. The summed E-state index contributed by atoms with van der Waals surface area (Å²) in [6.45, 7) is 5.00. The lowest BCUT2D eigenvalue weighted by atomic mass is 9.77. The van der Waals surface area contributed by atoms with Crippen LogP contribution in [0.25, 0.3) is 11.2 Å². The van der Waals surface area contributed by atoms with Crippen molar-refractivity contribution in [2.75, 3.05) is 23.8 Å². The summed E-state index contributed by atoms with van der Waals surface area (Å²) in [4.78, 5) is 13.9. The van der Waals surface area contributed by atoms with E-state index < -0.39 is 17.2 Å². The van der Waals surface area contributed by atoms with Gasteiger partial charge in [0.15, 0.2) is 5.65 Å². The van der Waals surface area contributed by atoms with Crippen molar-refractivity contribution < 1.29 is 18.6 Å². The summed E-state index contributed by atoms with van der Waals surface area (Å²) in [5, 5.41) is 16.8. The fourth-order valence-electron chi connectivity index (χ4n) is 5.18. The fraction of sp³-hybridized carbons (Fsp3) is 0.577. The molecule has 3 heterocycles. The number of rotatable bonds is 6. The Morgan fingerprint density at radius 2 is 1.78 bits per heavy atom. The first-order valence-corrected chi connectivity index (χ1v) is 12.3. The van der Waals surface area contributed by atoms with Gasteiger partial charge in [0, 0.05) is 31.4 Å². The molecule has 196 valence electrons. The SMILES string of the molecule is C.CC(C)(O)C1CCC(Nc2ncc3nc(Nc4ccc(F)cc4F)n(C4CCOCC4)c3n2)CC1. The van der Waals surface area contributed by atoms with E-state index in [0.29, 0.717) is 42.2 Å². The number of halogens is 2. The summed E-state index contributed by atoms with van der Waals surface area (Å²) in [6.07, 6.45) is 6.99. The van der Waals surface area contributed by atoms with Crippen LogP contribution in [0, 0.1) is 17.6 Å². The van der Waals surface area contributed by atoms with E-state index in [1.165, 1.54) is 12.1 Å². The van der Waals surface area contributed by atoms with E-state index in [1.807, 2.05) is 18.4 Å². The van der Waals surface area contributed by atoms with Gasteiger partial charge in [-0.15, -0.1) is 0 Å². The summed E-state index contributed by atoms with van der Waals surface area (Å²) in [7, 11) is 0. The molecule has 36 heavy (non-hydrogen) atoms. The number of nitrogens with zero attached hydrogens (tertiary/aromatic N) is 4. The average molecular weight is 503 g/mol. The molecule has 0 radical (unpaired) electrons. The zero-order valence-electron chi connectivity index (χ0n) is 20.1. The summed E-state index contributed by atoms with van der Waals surface area (Å²) in [6, 6.07) is 3.72. The van der Waals surface area contributed by atoms with Crippen molar-refractivity contribution in [3.8, 4) is 0 Å². The Morgan fingerprint density at radius 1 is 1.06 bits per heavy atom. The van der Waals surface area contributed by atoms with Gasteiger partial charge in [-0.1, -0.05) is 7.43 Å². The molecule has 0 bridgehead atoms. The third-order valence-electron chi connectivity index (χ3n) is 7.23. The minimum atomic E-state index is -0.689. The highest BCUT2D eigenvalue weighted by atomic mass is 19.1. The standard InChI is InChI=1S/C25H32F2N6O2.CH4/c1-25(2,34)15-3-6-17(7-4-15)29-23-28-14-21-22(32-23)33(18-9-11-35-12-10-18)24(31-21)30-20-8-5-16(26)13-19(20)27;/h5,8,13-15,17-18,34H,3-4,6-7,9-12H2,1-2H3,(H,30,31)(H,28,29,32);1H4. The zero-order valence-corrected chi connectivity index (χ0v) is 20.1. The summed E-state index contributed by atoms with van der Waals surface area (Å²) in [5.74, 6) is -0.0688. The van der Waals surface area contributed by atoms with Gasteiger partial charge in [0.2, 0.25) is 11.9 Å². The molecule has 1 saturated heterocycles. The monoisotopic (exact) mass is 502 g/mol. The van der Waals surface area contributed by atoms with Crippen LogP contribution in [0.4, 0.5) is 26.4 Å². The van der Waals surface area contributed by atoms with Crippen LogP contribution in [0.15, 0.2) is 24.4 Å². The van der Waals surface area contributed by atoms with Crippen LogP contribution in [0.2, 0.25) is 0 Å². The molecule has 8 nitrogen and oxygen atoms in total. The molecule has 0 amide bonds. The van der Waals surface area contributed by atoms with Crippen molar-refractivity contribution in [2.45, 2.75) is 77.5 Å². The second-order valence-corrected chi connectivity index (χ2v) is 10.1. The Balaban J connectivity index is 0.00000304. The van der Waals surface area contributed by atoms with Crippen LogP contribution in [0.5, 0.6) is 0 Å². The van der Waals surface area contributed by atoms with Crippen molar-refractivity contribution in [1.82, 2.24) is 19.5 Å². The number of aromatic nitrogens is 4. The number of aliphatic hydroxyl groups is 1. The number of hydrogen-bond acceptors (Lipinski definition) is 7. The second kappa shape index (κ2) is 10.6. The van der Waals surface area contributed by atoms with Gasteiger partial charge < -0.3 is 20.5 Å². The van der Waals surface area contributed by atoms with E-state index >= 15 is 0 Å². The Bertz CT molecular complexity index is 1180. The lowest BCUT2D eigenvalue weighted by molar-refractivity contribution is -0.000414. The molecule has 0 spiro atoms. The number of nitrogens with one attached hydrogen (secondary N) is 2. The van der Waals surface area contributed by atoms with Crippen molar-refractivity contribution in [2.24, 2.45) is 5.92 Å². The molecule has 10 heteroatoms. The molecule has 1 saturated carbocycles. The predicted octanol–water partition coefficient (Wildman–Crippen LogP) is 5.58. The third-order valence-corrected chi connectivity index (χ3v) is 7.23. The molecule has 1 aliphatic heterocycles. The van der Waals surface area contributed by atoms with E-state index in [4.69, 9.17) is 9.72 Å². The van der Waals surface area contributed by atoms with E-state index in [0.717, 1.165) is 44.6 Å². The topological polar surface area (TPSA) is 97.1 Å². The molecule has 1 aromatic carbocycles. The molecule has 2 fully saturated rings. The maximum Gasteiger partial charge on any atom is 0.224 e. The van der Waals surface area contributed by atoms with E-state index in [1.54, 1.807) is 6.20 Å². The average Bonchev–Trinajstić information content (AvgIpc) is 3.18. The van der Waals surface area contributed by atoms with Crippen LogP contribution in [-0.2, 0) is 4.74 Å². The number of ether oxygens (including phenoxy) is 1. The fourth-order valence-corrected chi connectivity index (χ4v) is 5.18. The van der Waals surface area contributed by atoms with Crippen LogP contribution in [0.3, 0.4) is 0 Å². The van der Waals surface area contributed by atoms with Crippen LogP contribution < -0.4 is 10.6 Å². The number of hydrogen-bond donors (Lipinski definition) is 3. The molecule has 2 aromatic heterocycles. The summed E-state index contributed by atoms with van der Waals surface area (Å²) in [5.41, 5.74) is 0.733. The highest BCUT2D eigenvalue weighted by Gasteiger charge is 2.31. The molecule has 0 unspecified atom stereocenters. The lowest BCUT2D eigenvalue weighted by Crippen LogP contribution is -2.37. The summed E-state index contributed by atoms with van der Waals surface area (Å²) >= 11 is 0. The molecular weight excluding hydrogens is 466 g/mol. The number of imidazole rings is 1. The molecule has 3 N–H and O–H groups in total. The smallest absolute Gasteiger partial charge is 0.224 e. The first kappa shape index (κ1) is 26.2. The lowest BCUT2D eigenvalue weighted by Gasteiger charge is -2.36. The maximum atomic E-state index is 14.4. The van der Waals surface area contributed by atoms with E-state index in [9.17, 15) is 13.9 Å². The van der Waals surface area contributed by atoms with Crippen molar-refractivity contribution in [3.63, 3.8) is 0 Å². The van der Waals surface area contributed by atoms with E-state index in [2.05, 4.69) is 20.6 Å². The van der Waals surface area contributed by atoms with Gasteiger partial charge in [-0.25, -0.2) is 18.7 Å². The van der Waals surface area contributed by atoms with Crippen molar-refractivity contribution >= 4 is 28.7 Å². The normalized spacial score (nSPS) is 21.2. The number of anilines is 3. The van der Waals surface area contributed by atoms with Crippen LogP contribution >= 0.6 is 0 Å². The van der Waals surface area contributed by atoms with Crippen molar-refractivity contribution in [1.29, 1.82) is 0 Å². The highest BCUT2D eigenvalue weighted by Crippen LogP contribution is 2.34.